The monoisotopic (exact) mass is 295 g/mol. The molecule has 0 atom stereocenters. The number of nitrogens with one attached hydrogen (secondary N) is 1. The zero-order valence-corrected chi connectivity index (χ0v) is 13.1. The summed E-state index contributed by atoms with van der Waals surface area (Å²) >= 11 is 0. The third-order valence-corrected chi connectivity index (χ3v) is 3.82. The van der Waals surface area contributed by atoms with Crippen LogP contribution in [-0.2, 0) is 0 Å². The van der Waals surface area contributed by atoms with E-state index >= 15 is 0 Å². The largest absolute Gasteiger partial charge is 0.493 e. The number of amides is 1. The van der Waals surface area contributed by atoms with Crippen LogP contribution in [0.1, 0.15) is 10.4 Å². The second-order valence-corrected chi connectivity index (χ2v) is 5.16. The van der Waals surface area contributed by atoms with Crippen molar-refractivity contribution in [3.05, 3.63) is 17.7 Å². The van der Waals surface area contributed by atoms with Crippen molar-refractivity contribution >= 4 is 5.91 Å². The van der Waals surface area contributed by atoms with E-state index in [1.54, 1.807) is 33.5 Å². The molecule has 116 valence electrons. The Bertz CT molecular complexity index is 485. The minimum absolute atomic E-state index is 0.00162. The predicted octanol–water partition coefficient (Wildman–Crippen LogP) is -0.317. The summed E-state index contributed by atoms with van der Waals surface area (Å²) in [7, 11) is 6.78. The van der Waals surface area contributed by atoms with Gasteiger partial charge in [0.05, 0.1) is 54.6 Å². The summed E-state index contributed by atoms with van der Waals surface area (Å²) in [6, 6.07) is 3.41. The molecule has 1 amide bonds. The highest BCUT2D eigenvalue weighted by atomic mass is 16.5. The van der Waals surface area contributed by atoms with Gasteiger partial charge in [-0.3, -0.25) is 4.79 Å². The van der Waals surface area contributed by atoms with E-state index in [-0.39, 0.29) is 5.91 Å². The number of hydrogen-bond donors (Lipinski definition) is 1. The lowest BCUT2D eigenvalue weighted by Crippen LogP contribution is -3.12. The first-order valence-electron chi connectivity index (χ1n) is 7.01. The summed E-state index contributed by atoms with van der Waals surface area (Å²) in [5.74, 6) is 1.50. The molecule has 1 aromatic rings. The van der Waals surface area contributed by atoms with Crippen LogP contribution in [0, 0.1) is 0 Å². The van der Waals surface area contributed by atoms with E-state index in [2.05, 4.69) is 7.05 Å². The van der Waals surface area contributed by atoms with Crippen molar-refractivity contribution in [1.29, 1.82) is 0 Å². The average molecular weight is 295 g/mol. The Morgan fingerprint density at radius 1 is 1.05 bits per heavy atom. The third-order valence-electron chi connectivity index (χ3n) is 3.82. The molecule has 1 saturated heterocycles. The van der Waals surface area contributed by atoms with Crippen molar-refractivity contribution < 1.29 is 23.9 Å². The lowest BCUT2D eigenvalue weighted by Gasteiger charge is -2.30. The average Bonchev–Trinajstić information content (AvgIpc) is 2.53. The van der Waals surface area contributed by atoms with Crippen LogP contribution in [0.15, 0.2) is 12.1 Å². The molecular weight excluding hydrogens is 272 g/mol. The second-order valence-electron chi connectivity index (χ2n) is 5.16. The van der Waals surface area contributed by atoms with Gasteiger partial charge in [-0.2, -0.15) is 0 Å². The first-order chi connectivity index (χ1) is 10.1. The SMILES string of the molecule is COc1cc(C(=O)N2CC[NH+](C)CC2)cc(OC)c1OC. The van der Waals surface area contributed by atoms with Gasteiger partial charge in [0.1, 0.15) is 0 Å². The van der Waals surface area contributed by atoms with Gasteiger partial charge in [0.25, 0.3) is 5.91 Å². The molecule has 0 aromatic heterocycles. The fourth-order valence-corrected chi connectivity index (χ4v) is 2.48. The standard InChI is InChI=1S/C15H22N2O4/c1-16-5-7-17(8-6-16)15(18)11-9-12(19-2)14(21-4)13(10-11)20-3/h9-10H,5-8H2,1-4H3/p+1. The first kappa shape index (κ1) is 15.4. The van der Waals surface area contributed by atoms with E-state index in [1.807, 2.05) is 4.90 Å². The molecule has 0 saturated carbocycles. The Labute approximate surface area is 125 Å². The Hall–Kier alpha value is -1.95. The molecule has 6 heteroatoms. The maximum atomic E-state index is 12.6. The van der Waals surface area contributed by atoms with E-state index in [1.165, 1.54) is 4.90 Å². The van der Waals surface area contributed by atoms with E-state index in [0.29, 0.717) is 22.8 Å². The summed E-state index contributed by atoms with van der Waals surface area (Å²) in [4.78, 5) is 15.9. The summed E-state index contributed by atoms with van der Waals surface area (Å²) in [5.41, 5.74) is 0.559. The molecule has 1 aromatic carbocycles. The summed E-state index contributed by atoms with van der Waals surface area (Å²) in [6.45, 7) is 3.47. The highest BCUT2D eigenvalue weighted by molar-refractivity contribution is 5.95. The van der Waals surface area contributed by atoms with Gasteiger partial charge in [-0.1, -0.05) is 0 Å². The molecule has 0 spiro atoms. The fourth-order valence-electron chi connectivity index (χ4n) is 2.48. The van der Waals surface area contributed by atoms with E-state index in [4.69, 9.17) is 14.2 Å². The highest BCUT2D eigenvalue weighted by Gasteiger charge is 2.24. The van der Waals surface area contributed by atoms with Crippen molar-refractivity contribution in [1.82, 2.24) is 4.90 Å². The quantitative estimate of drug-likeness (QED) is 0.827. The number of hydrogen-bond acceptors (Lipinski definition) is 4. The predicted molar refractivity (Wildman–Crippen MR) is 78.6 cm³/mol. The van der Waals surface area contributed by atoms with Gasteiger partial charge < -0.3 is 24.0 Å². The number of quaternary nitrogens is 1. The molecule has 21 heavy (non-hydrogen) atoms. The molecule has 2 rings (SSSR count). The van der Waals surface area contributed by atoms with Crippen LogP contribution in [-0.4, -0.2) is 65.4 Å². The zero-order chi connectivity index (χ0) is 15.4. The molecule has 6 nitrogen and oxygen atoms in total. The van der Waals surface area contributed by atoms with Crippen molar-refractivity contribution in [3.8, 4) is 17.2 Å². The number of likely N-dealkylation sites (N-methyl/N-ethyl adjacent to an activating group) is 1. The van der Waals surface area contributed by atoms with E-state index in [0.717, 1.165) is 26.2 Å². The van der Waals surface area contributed by atoms with Gasteiger partial charge in [0.2, 0.25) is 5.75 Å². The molecule has 0 unspecified atom stereocenters. The minimum atomic E-state index is 0.00162. The molecule has 0 aliphatic carbocycles. The Morgan fingerprint density at radius 3 is 2.00 bits per heavy atom. The third kappa shape index (κ3) is 3.21. The van der Waals surface area contributed by atoms with Gasteiger partial charge in [-0.25, -0.2) is 0 Å². The van der Waals surface area contributed by atoms with Crippen molar-refractivity contribution in [3.63, 3.8) is 0 Å². The maximum Gasteiger partial charge on any atom is 0.254 e. The molecule has 1 aliphatic heterocycles. The van der Waals surface area contributed by atoms with E-state index < -0.39 is 0 Å². The first-order valence-corrected chi connectivity index (χ1v) is 7.01. The molecule has 0 bridgehead atoms. The number of carbonyl (C=O) groups is 1. The smallest absolute Gasteiger partial charge is 0.254 e. The zero-order valence-electron chi connectivity index (χ0n) is 13.1. The molecule has 1 heterocycles. The normalized spacial score (nSPS) is 15.7. The van der Waals surface area contributed by atoms with Gasteiger partial charge in [0, 0.05) is 5.56 Å². The van der Waals surface area contributed by atoms with Crippen LogP contribution in [0.5, 0.6) is 17.2 Å². The molecule has 1 fully saturated rings. The van der Waals surface area contributed by atoms with Crippen LogP contribution < -0.4 is 19.1 Å². The summed E-state index contributed by atoms with van der Waals surface area (Å²) < 4.78 is 15.9. The van der Waals surface area contributed by atoms with Gasteiger partial charge in [-0.15, -0.1) is 0 Å². The molecule has 1 aliphatic rings. The Kier molecular flexibility index (Phi) is 4.90. The van der Waals surface area contributed by atoms with Crippen LogP contribution in [0.3, 0.4) is 0 Å². The van der Waals surface area contributed by atoms with Gasteiger partial charge >= 0.3 is 0 Å². The minimum Gasteiger partial charge on any atom is -0.493 e. The number of rotatable bonds is 4. The van der Waals surface area contributed by atoms with Crippen molar-refractivity contribution in [2.24, 2.45) is 0 Å². The molecule has 0 radical (unpaired) electrons. The van der Waals surface area contributed by atoms with Crippen LogP contribution in [0.25, 0.3) is 0 Å². The molecular formula is C15H23N2O4+. The van der Waals surface area contributed by atoms with Crippen LogP contribution >= 0.6 is 0 Å². The Balaban J connectivity index is 2.28. The van der Waals surface area contributed by atoms with E-state index in [9.17, 15) is 4.79 Å². The maximum absolute atomic E-state index is 12.6. The lowest BCUT2D eigenvalue weighted by molar-refractivity contribution is -0.883. The molecule has 1 N–H and O–H groups in total. The topological polar surface area (TPSA) is 52.4 Å². The number of carbonyl (C=O) groups excluding carboxylic acids is 1. The number of benzene rings is 1. The summed E-state index contributed by atoms with van der Waals surface area (Å²) in [6.07, 6.45) is 0. The number of methoxy groups -OCH3 is 3. The lowest BCUT2D eigenvalue weighted by atomic mass is 10.1. The highest BCUT2D eigenvalue weighted by Crippen LogP contribution is 2.38. The van der Waals surface area contributed by atoms with Gasteiger partial charge in [-0.05, 0) is 12.1 Å². The second kappa shape index (κ2) is 6.67. The number of nitrogens with zero attached hydrogens (tertiary/aromatic N) is 1. The number of ether oxygens (including phenoxy) is 3. The van der Waals surface area contributed by atoms with Crippen LogP contribution in [0.2, 0.25) is 0 Å². The fraction of sp³-hybridized carbons (Fsp3) is 0.533. The summed E-state index contributed by atoms with van der Waals surface area (Å²) in [5, 5.41) is 0. The van der Waals surface area contributed by atoms with Crippen LogP contribution in [0.4, 0.5) is 0 Å². The number of piperazine rings is 1. The van der Waals surface area contributed by atoms with Crippen molar-refractivity contribution in [2.75, 3.05) is 54.6 Å². The van der Waals surface area contributed by atoms with Crippen molar-refractivity contribution in [2.45, 2.75) is 0 Å². The Morgan fingerprint density at radius 2 is 1.57 bits per heavy atom. The van der Waals surface area contributed by atoms with Gasteiger partial charge in [0.15, 0.2) is 11.5 Å².